The number of likely N-dealkylation sites (tertiary alicyclic amines) is 1. The second-order valence-electron chi connectivity index (χ2n) is 13.8. The van der Waals surface area contributed by atoms with Gasteiger partial charge in [-0.1, -0.05) is 44.2 Å². The van der Waals surface area contributed by atoms with Crippen molar-refractivity contribution >= 4 is 34.3 Å². The molecule has 0 spiro atoms. The van der Waals surface area contributed by atoms with E-state index < -0.39 is 11.4 Å². The van der Waals surface area contributed by atoms with Crippen molar-refractivity contribution in [2.24, 2.45) is 11.8 Å². The van der Waals surface area contributed by atoms with Crippen molar-refractivity contribution in [3.05, 3.63) is 59.5 Å². The minimum Gasteiger partial charge on any atom is -0.444 e. The average molecular weight is 665 g/mol. The molecule has 4 N–H and O–H groups in total. The molecule has 1 aliphatic carbocycles. The lowest BCUT2D eigenvalue weighted by Gasteiger charge is -2.36. The van der Waals surface area contributed by atoms with Crippen LogP contribution in [0.25, 0.3) is 21.6 Å². The van der Waals surface area contributed by atoms with E-state index in [0.29, 0.717) is 23.7 Å². The van der Waals surface area contributed by atoms with E-state index in [-0.39, 0.29) is 6.09 Å². The maximum Gasteiger partial charge on any atom is 0.410 e. The SMILES string of the molecule is CC.CC(C)(C)OC(=O)N1CCCC(C2CCC(n3cc(-c4nc(Cc5ccccc5)cs4)c4c(N)ncnc43)C2)C1.CC(C)(O)O. The molecule has 10 nitrogen and oxygen atoms in total. The number of aromatic nitrogens is 4. The summed E-state index contributed by atoms with van der Waals surface area (Å²) in [6, 6.07) is 10.7. The normalized spacial score (nSPS) is 19.9. The van der Waals surface area contributed by atoms with E-state index in [1.165, 1.54) is 19.4 Å². The Hall–Kier alpha value is -3.54. The third kappa shape index (κ3) is 9.98. The van der Waals surface area contributed by atoms with Crippen LogP contribution in [-0.4, -0.2) is 65.2 Å². The Morgan fingerprint density at radius 3 is 2.43 bits per heavy atom. The first-order chi connectivity index (χ1) is 22.2. The Morgan fingerprint density at radius 2 is 1.74 bits per heavy atom. The first kappa shape index (κ1) is 36.3. The number of nitrogen functional groups attached to an aromatic ring is 1. The lowest BCUT2D eigenvalue weighted by atomic mass is 9.84. The van der Waals surface area contributed by atoms with Gasteiger partial charge in [-0.15, -0.1) is 11.3 Å². The predicted molar refractivity (Wildman–Crippen MR) is 189 cm³/mol. The fourth-order valence-electron chi connectivity index (χ4n) is 6.43. The second-order valence-corrected chi connectivity index (χ2v) is 14.6. The summed E-state index contributed by atoms with van der Waals surface area (Å²) >= 11 is 1.65. The molecule has 3 aromatic heterocycles. The quantitative estimate of drug-likeness (QED) is 0.187. The molecule has 0 radical (unpaired) electrons. The Morgan fingerprint density at radius 1 is 1.04 bits per heavy atom. The number of carbonyl (C=O) groups excluding carboxylic acids is 1. The minimum absolute atomic E-state index is 0.185. The highest BCUT2D eigenvalue weighted by molar-refractivity contribution is 7.13. The number of rotatable bonds is 5. The van der Waals surface area contributed by atoms with Crippen molar-refractivity contribution < 1.29 is 19.7 Å². The summed E-state index contributed by atoms with van der Waals surface area (Å²) in [5.41, 5.74) is 10.1. The molecule has 1 aliphatic heterocycles. The van der Waals surface area contributed by atoms with Crippen LogP contribution in [0.3, 0.4) is 0 Å². The number of benzene rings is 1. The summed E-state index contributed by atoms with van der Waals surface area (Å²) in [6.45, 7) is 13.9. The highest BCUT2D eigenvalue weighted by Gasteiger charge is 2.37. The smallest absolute Gasteiger partial charge is 0.410 e. The van der Waals surface area contributed by atoms with Gasteiger partial charge in [0.15, 0.2) is 5.79 Å². The van der Waals surface area contributed by atoms with E-state index in [1.54, 1.807) is 17.7 Å². The third-order valence-electron chi connectivity index (χ3n) is 8.26. The molecule has 3 unspecified atom stereocenters. The van der Waals surface area contributed by atoms with Crippen LogP contribution in [0.2, 0.25) is 0 Å². The molecule has 1 saturated heterocycles. The highest BCUT2D eigenvalue weighted by atomic mass is 32.1. The number of ether oxygens (including phenoxy) is 1. The third-order valence-corrected chi connectivity index (χ3v) is 9.19. The van der Waals surface area contributed by atoms with Gasteiger partial charge in [-0.25, -0.2) is 19.7 Å². The van der Waals surface area contributed by atoms with Gasteiger partial charge >= 0.3 is 6.09 Å². The van der Waals surface area contributed by atoms with Crippen LogP contribution in [0.4, 0.5) is 10.6 Å². The zero-order valence-electron chi connectivity index (χ0n) is 28.9. The summed E-state index contributed by atoms with van der Waals surface area (Å²) in [7, 11) is 0. The Bertz CT molecular complexity index is 1580. The molecule has 256 valence electrons. The molecule has 4 heterocycles. The lowest BCUT2D eigenvalue weighted by molar-refractivity contribution is -0.127. The Balaban J connectivity index is 0.000000655. The van der Waals surface area contributed by atoms with Gasteiger partial charge in [0.05, 0.1) is 11.1 Å². The minimum atomic E-state index is -1.50. The molecular formula is C36H52N6O4S. The maximum atomic E-state index is 12.7. The highest BCUT2D eigenvalue weighted by Crippen LogP contribution is 2.45. The molecular weight excluding hydrogens is 613 g/mol. The number of amides is 1. The number of fused-ring (bicyclic) bond motifs is 1. The molecule has 3 atom stereocenters. The monoisotopic (exact) mass is 664 g/mol. The van der Waals surface area contributed by atoms with Gasteiger partial charge in [0.25, 0.3) is 0 Å². The summed E-state index contributed by atoms with van der Waals surface area (Å²) in [4.78, 5) is 28.7. The van der Waals surface area contributed by atoms with Crippen LogP contribution < -0.4 is 5.73 Å². The number of hydrogen-bond acceptors (Lipinski definition) is 9. The van der Waals surface area contributed by atoms with Gasteiger partial charge in [0, 0.05) is 42.7 Å². The molecule has 1 aromatic carbocycles. The van der Waals surface area contributed by atoms with Crippen molar-refractivity contribution in [2.75, 3.05) is 18.8 Å². The standard InChI is InChI=1S/C31H38N6O2S.C3H8O2.C2H6/c1-31(2,3)39-30(38)36-13-7-10-22(16-36)21-11-12-24(15-21)37-17-25(26-27(32)33-19-34-28(26)37)29-35-23(18-40-29)14-20-8-5-4-6-9-20;1-3(2,4)5;1-2/h4-6,8-9,17-19,21-22,24H,7,10-16H2,1-3H3,(H2,32,33,34);4-5H,1-2H3;1-2H3. The molecule has 1 amide bonds. The average Bonchev–Trinajstić information content (AvgIpc) is 3.76. The Kier molecular flexibility index (Phi) is 12.0. The fourth-order valence-corrected chi connectivity index (χ4v) is 7.26. The van der Waals surface area contributed by atoms with Crippen molar-refractivity contribution in [1.29, 1.82) is 0 Å². The zero-order chi connectivity index (χ0) is 34.4. The second kappa shape index (κ2) is 15.6. The van der Waals surface area contributed by atoms with Crippen molar-refractivity contribution in [3.63, 3.8) is 0 Å². The molecule has 4 aromatic rings. The maximum absolute atomic E-state index is 12.7. The number of nitrogens with two attached hydrogens (primary N) is 1. The number of piperidine rings is 1. The van der Waals surface area contributed by atoms with E-state index in [4.69, 9.17) is 30.7 Å². The van der Waals surface area contributed by atoms with Gasteiger partial charge in [0.1, 0.15) is 28.4 Å². The summed E-state index contributed by atoms with van der Waals surface area (Å²) in [6.07, 6.45) is 9.85. The molecule has 2 aliphatic rings. The largest absolute Gasteiger partial charge is 0.444 e. The van der Waals surface area contributed by atoms with Gasteiger partial charge in [-0.2, -0.15) is 0 Å². The first-order valence-electron chi connectivity index (χ1n) is 16.8. The summed E-state index contributed by atoms with van der Waals surface area (Å²) in [5, 5.41) is 20.1. The molecule has 47 heavy (non-hydrogen) atoms. The van der Waals surface area contributed by atoms with Crippen molar-refractivity contribution in [2.45, 2.75) is 104 Å². The van der Waals surface area contributed by atoms with Gasteiger partial charge in [0.2, 0.25) is 0 Å². The number of aliphatic hydroxyl groups is 2. The van der Waals surface area contributed by atoms with E-state index in [1.807, 2.05) is 45.6 Å². The van der Waals surface area contributed by atoms with Crippen LogP contribution in [-0.2, 0) is 11.2 Å². The molecule has 11 heteroatoms. The molecule has 0 bridgehead atoms. The first-order valence-corrected chi connectivity index (χ1v) is 17.7. The van der Waals surface area contributed by atoms with Gasteiger partial charge < -0.3 is 30.2 Å². The van der Waals surface area contributed by atoms with Crippen LogP contribution in [0.1, 0.15) is 97.9 Å². The van der Waals surface area contributed by atoms with Gasteiger partial charge in [-0.3, -0.25) is 0 Å². The van der Waals surface area contributed by atoms with Gasteiger partial charge in [-0.05, 0) is 84.1 Å². The molecule has 2 fully saturated rings. The lowest BCUT2D eigenvalue weighted by Crippen LogP contribution is -2.44. The predicted octanol–water partition coefficient (Wildman–Crippen LogP) is 7.45. The zero-order valence-corrected chi connectivity index (χ0v) is 29.8. The van der Waals surface area contributed by atoms with E-state index in [0.717, 1.165) is 78.9 Å². The Labute approximate surface area is 283 Å². The number of hydrogen-bond donors (Lipinski definition) is 3. The number of nitrogens with zero attached hydrogens (tertiary/aromatic N) is 5. The number of anilines is 1. The van der Waals surface area contributed by atoms with E-state index in [2.05, 4.69) is 45.4 Å². The van der Waals surface area contributed by atoms with E-state index >= 15 is 0 Å². The van der Waals surface area contributed by atoms with Crippen molar-refractivity contribution in [1.82, 2.24) is 24.4 Å². The summed E-state index contributed by atoms with van der Waals surface area (Å²) in [5.74, 6) is 0.0489. The molecule has 6 rings (SSSR count). The number of carbonyl (C=O) groups is 1. The van der Waals surface area contributed by atoms with Crippen LogP contribution in [0.15, 0.2) is 48.2 Å². The topological polar surface area (TPSA) is 140 Å². The van der Waals surface area contributed by atoms with E-state index in [9.17, 15) is 4.79 Å². The fraction of sp³-hybridized carbons (Fsp3) is 0.556. The van der Waals surface area contributed by atoms with Crippen LogP contribution >= 0.6 is 11.3 Å². The number of thiazole rings is 1. The van der Waals surface area contributed by atoms with Crippen LogP contribution in [0.5, 0.6) is 0 Å². The van der Waals surface area contributed by atoms with Crippen molar-refractivity contribution in [3.8, 4) is 10.6 Å². The van der Waals surface area contributed by atoms with Crippen LogP contribution in [0, 0.1) is 11.8 Å². The summed E-state index contributed by atoms with van der Waals surface area (Å²) < 4.78 is 7.98. The molecule has 1 saturated carbocycles.